The van der Waals surface area contributed by atoms with E-state index in [1.54, 1.807) is 0 Å². The molecule has 9 heavy (non-hydrogen) atoms. The molecule has 0 fully saturated rings. The van der Waals surface area contributed by atoms with Crippen LogP contribution in [-0.4, -0.2) is 5.11 Å². The highest BCUT2D eigenvalue weighted by Crippen LogP contribution is 2.17. The van der Waals surface area contributed by atoms with Gasteiger partial charge in [-0.05, 0) is 24.8 Å². The summed E-state index contributed by atoms with van der Waals surface area (Å²) in [5, 5.41) is 8.24. The molecule has 0 saturated carbocycles. The van der Waals surface area contributed by atoms with E-state index in [0.717, 1.165) is 19.1 Å². The third-order valence-electron chi connectivity index (χ3n) is 1.45. The van der Waals surface area contributed by atoms with Crippen molar-refractivity contribution in [2.45, 2.75) is 12.8 Å². The fourth-order valence-corrected chi connectivity index (χ4v) is 0.953. The van der Waals surface area contributed by atoms with Crippen molar-refractivity contribution in [1.29, 1.82) is 0 Å². The van der Waals surface area contributed by atoms with Crippen molar-refractivity contribution in [2.24, 2.45) is 5.92 Å². The highest BCUT2D eigenvalue weighted by molar-refractivity contribution is 5.01. The Morgan fingerprint density at radius 2 is 2.11 bits per heavy atom. The molecular weight excluding hydrogens is 112 g/mol. The first-order chi connectivity index (χ1) is 4.43. The summed E-state index contributed by atoms with van der Waals surface area (Å²) in [6.45, 7) is 0. The Morgan fingerprint density at radius 3 is 2.67 bits per heavy atom. The van der Waals surface area contributed by atoms with Gasteiger partial charge in [0.25, 0.3) is 0 Å². The summed E-state index contributed by atoms with van der Waals surface area (Å²) in [5.41, 5.74) is 2.66. The van der Waals surface area contributed by atoms with Crippen LogP contribution >= 0.6 is 0 Å². The van der Waals surface area contributed by atoms with Crippen molar-refractivity contribution in [3.63, 3.8) is 0 Å². The van der Waals surface area contributed by atoms with Crippen LogP contribution in [0, 0.1) is 5.92 Å². The fraction of sp³-hybridized carbons (Fsp3) is 0.375. The number of aliphatic hydroxyl groups excluding tert-OH is 1. The molecule has 0 bridgehead atoms. The Labute approximate surface area is 55.0 Å². The van der Waals surface area contributed by atoms with Crippen molar-refractivity contribution < 1.29 is 5.11 Å². The fourth-order valence-electron chi connectivity index (χ4n) is 0.953. The molecule has 0 saturated heterocycles. The van der Waals surface area contributed by atoms with Crippen LogP contribution in [0.4, 0.5) is 0 Å². The van der Waals surface area contributed by atoms with Crippen LogP contribution in [0.5, 0.6) is 0 Å². The van der Waals surface area contributed by atoms with E-state index in [9.17, 15) is 0 Å². The maximum Gasteiger partial charge on any atom is 0.121 e. The molecule has 0 unspecified atom stereocenters. The molecule has 0 aliphatic heterocycles. The van der Waals surface area contributed by atoms with Crippen molar-refractivity contribution >= 4 is 0 Å². The molecule has 1 N–H and O–H groups in total. The monoisotopic (exact) mass is 122 g/mol. The average molecular weight is 122 g/mol. The van der Waals surface area contributed by atoms with E-state index in [4.69, 9.17) is 5.11 Å². The number of rotatable bonds is 1. The lowest BCUT2D eigenvalue weighted by atomic mass is 10.1. The molecule has 0 aromatic heterocycles. The van der Waals surface area contributed by atoms with Gasteiger partial charge in [0.05, 0.1) is 0 Å². The van der Waals surface area contributed by atoms with Gasteiger partial charge in [-0.25, -0.2) is 0 Å². The SMILES string of the molecule is OC=C=CC1CC=CC1. The number of aliphatic hydroxyl groups is 1. The van der Waals surface area contributed by atoms with Gasteiger partial charge in [-0.15, -0.1) is 0 Å². The van der Waals surface area contributed by atoms with E-state index in [-0.39, 0.29) is 0 Å². The molecule has 0 aromatic rings. The largest absolute Gasteiger partial charge is 0.507 e. The minimum Gasteiger partial charge on any atom is -0.507 e. The van der Waals surface area contributed by atoms with E-state index < -0.39 is 0 Å². The summed E-state index contributed by atoms with van der Waals surface area (Å²) < 4.78 is 0. The molecule has 1 rings (SSSR count). The van der Waals surface area contributed by atoms with Crippen LogP contribution < -0.4 is 0 Å². The molecule has 1 heteroatoms. The maximum atomic E-state index is 8.24. The van der Waals surface area contributed by atoms with Crippen LogP contribution in [-0.2, 0) is 0 Å². The van der Waals surface area contributed by atoms with E-state index in [1.165, 1.54) is 0 Å². The molecule has 0 amide bonds. The molecule has 48 valence electrons. The lowest BCUT2D eigenvalue weighted by Gasteiger charge is -1.95. The standard InChI is InChI=1S/C8H10O/c9-7-3-6-8-4-1-2-5-8/h1-2,6-9H,4-5H2. The zero-order chi connectivity index (χ0) is 6.53. The summed E-state index contributed by atoms with van der Waals surface area (Å²) in [6, 6.07) is 0. The Kier molecular flexibility index (Phi) is 2.17. The van der Waals surface area contributed by atoms with Gasteiger partial charge < -0.3 is 5.11 Å². The molecule has 0 heterocycles. The van der Waals surface area contributed by atoms with E-state index in [2.05, 4.69) is 17.9 Å². The molecule has 0 radical (unpaired) electrons. The topological polar surface area (TPSA) is 20.2 Å². The first kappa shape index (κ1) is 6.18. The first-order valence-corrected chi connectivity index (χ1v) is 3.14. The lowest BCUT2D eigenvalue weighted by Crippen LogP contribution is -1.84. The Bertz CT molecular complexity index is 153. The number of hydrogen-bond acceptors (Lipinski definition) is 1. The smallest absolute Gasteiger partial charge is 0.121 e. The predicted molar refractivity (Wildman–Crippen MR) is 37.1 cm³/mol. The minimum absolute atomic E-state index is 0.577. The normalized spacial score (nSPS) is 17.3. The van der Waals surface area contributed by atoms with E-state index in [1.807, 2.05) is 6.08 Å². The molecule has 0 spiro atoms. The molecule has 0 aromatic carbocycles. The molecular formula is C8H10O. The zero-order valence-electron chi connectivity index (χ0n) is 5.25. The second kappa shape index (κ2) is 3.16. The quantitative estimate of drug-likeness (QED) is 0.321. The van der Waals surface area contributed by atoms with Crippen molar-refractivity contribution in [3.05, 3.63) is 30.2 Å². The average Bonchev–Trinajstić information content (AvgIpc) is 2.34. The van der Waals surface area contributed by atoms with Gasteiger partial charge in [-0.3, -0.25) is 0 Å². The van der Waals surface area contributed by atoms with Gasteiger partial charge in [0.2, 0.25) is 0 Å². The molecule has 1 aliphatic carbocycles. The summed E-state index contributed by atoms with van der Waals surface area (Å²) in [4.78, 5) is 0. The summed E-state index contributed by atoms with van der Waals surface area (Å²) in [6.07, 6.45) is 9.36. The van der Waals surface area contributed by atoms with Crippen LogP contribution in [0.3, 0.4) is 0 Å². The first-order valence-electron chi connectivity index (χ1n) is 3.14. The van der Waals surface area contributed by atoms with Gasteiger partial charge in [-0.1, -0.05) is 17.9 Å². The van der Waals surface area contributed by atoms with Gasteiger partial charge in [0.1, 0.15) is 6.26 Å². The van der Waals surface area contributed by atoms with Gasteiger partial charge >= 0.3 is 0 Å². The zero-order valence-corrected chi connectivity index (χ0v) is 5.25. The van der Waals surface area contributed by atoms with Gasteiger partial charge in [0.15, 0.2) is 0 Å². The maximum absolute atomic E-state index is 8.24. The Morgan fingerprint density at radius 1 is 1.44 bits per heavy atom. The van der Waals surface area contributed by atoms with Crippen LogP contribution in [0.15, 0.2) is 30.2 Å². The summed E-state index contributed by atoms with van der Waals surface area (Å²) in [7, 11) is 0. The van der Waals surface area contributed by atoms with Crippen molar-refractivity contribution in [1.82, 2.24) is 0 Å². The highest BCUT2D eigenvalue weighted by Gasteiger charge is 2.03. The number of hydrogen-bond donors (Lipinski definition) is 1. The van der Waals surface area contributed by atoms with Gasteiger partial charge in [0, 0.05) is 0 Å². The van der Waals surface area contributed by atoms with Crippen LogP contribution in [0.25, 0.3) is 0 Å². The summed E-state index contributed by atoms with van der Waals surface area (Å²) in [5.74, 6) is 0.577. The molecule has 1 aliphatic rings. The van der Waals surface area contributed by atoms with Gasteiger partial charge in [-0.2, -0.15) is 0 Å². The third-order valence-corrected chi connectivity index (χ3v) is 1.45. The summed E-state index contributed by atoms with van der Waals surface area (Å²) >= 11 is 0. The van der Waals surface area contributed by atoms with E-state index in [0.29, 0.717) is 5.92 Å². The van der Waals surface area contributed by atoms with Crippen molar-refractivity contribution in [2.75, 3.05) is 0 Å². The minimum atomic E-state index is 0.577. The molecule has 1 nitrogen and oxygen atoms in total. The van der Waals surface area contributed by atoms with Crippen LogP contribution in [0.1, 0.15) is 12.8 Å². The Balaban J connectivity index is 2.38. The molecule has 0 atom stereocenters. The van der Waals surface area contributed by atoms with E-state index >= 15 is 0 Å². The highest BCUT2D eigenvalue weighted by atomic mass is 16.2. The Hall–Kier alpha value is -0.940. The second-order valence-electron chi connectivity index (χ2n) is 2.17. The third kappa shape index (κ3) is 1.79. The number of allylic oxidation sites excluding steroid dienone is 3. The van der Waals surface area contributed by atoms with Crippen molar-refractivity contribution in [3.8, 4) is 0 Å². The van der Waals surface area contributed by atoms with Crippen LogP contribution in [0.2, 0.25) is 0 Å². The second-order valence-corrected chi connectivity index (χ2v) is 2.17. The lowest BCUT2D eigenvalue weighted by molar-refractivity contribution is 0.474. The predicted octanol–water partition coefficient (Wildman–Crippen LogP) is 2.18.